The molecular formula is C21H30N2O3. The third-order valence-corrected chi connectivity index (χ3v) is 5.37. The number of carbonyl (C=O) groups excluding carboxylic acids is 2. The maximum absolute atomic E-state index is 12.6. The molecule has 3 rings (SSSR count). The van der Waals surface area contributed by atoms with Crippen molar-refractivity contribution in [3.8, 4) is 5.75 Å². The van der Waals surface area contributed by atoms with Gasteiger partial charge in [0.25, 0.3) is 0 Å². The molecule has 1 aromatic rings. The minimum absolute atomic E-state index is 0.0447. The summed E-state index contributed by atoms with van der Waals surface area (Å²) in [6.45, 7) is 1.21. The van der Waals surface area contributed by atoms with Crippen molar-refractivity contribution in [1.29, 1.82) is 0 Å². The average Bonchev–Trinajstić information content (AvgIpc) is 3.17. The molecule has 1 atom stereocenters. The Hall–Kier alpha value is -2.04. The summed E-state index contributed by atoms with van der Waals surface area (Å²) < 4.78 is 5.64. The number of hydrogen-bond acceptors (Lipinski definition) is 3. The van der Waals surface area contributed by atoms with Crippen LogP contribution in [0.5, 0.6) is 5.75 Å². The lowest BCUT2D eigenvalue weighted by Crippen LogP contribution is -2.49. The zero-order chi connectivity index (χ0) is 18.2. The first-order chi connectivity index (χ1) is 12.7. The first-order valence-corrected chi connectivity index (χ1v) is 10.0. The molecule has 1 saturated heterocycles. The van der Waals surface area contributed by atoms with Gasteiger partial charge in [-0.15, -0.1) is 0 Å². The second kappa shape index (κ2) is 9.60. The van der Waals surface area contributed by atoms with Crippen molar-refractivity contribution in [1.82, 2.24) is 10.2 Å². The minimum atomic E-state index is -0.278. The van der Waals surface area contributed by atoms with Gasteiger partial charge in [-0.3, -0.25) is 9.59 Å². The molecule has 1 aliphatic carbocycles. The summed E-state index contributed by atoms with van der Waals surface area (Å²) in [5.41, 5.74) is 0. The van der Waals surface area contributed by atoms with E-state index in [4.69, 9.17) is 4.74 Å². The van der Waals surface area contributed by atoms with Gasteiger partial charge in [0.15, 0.2) is 0 Å². The van der Waals surface area contributed by atoms with Gasteiger partial charge in [-0.2, -0.15) is 0 Å². The van der Waals surface area contributed by atoms with E-state index in [0.717, 1.165) is 31.4 Å². The molecule has 1 aromatic carbocycles. The SMILES string of the molecule is O=C(NC1CCCCC1)[C@H]1CCCN1C(=O)CCCOc1ccccc1. The van der Waals surface area contributed by atoms with Crippen LogP contribution in [0, 0.1) is 0 Å². The highest BCUT2D eigenvalue weighted by molar-refractivity contribution is 5.88. The van der Waals surface area contributed by atoms with E-state index in [1.165, 1.54) is 19.3 Å². The summed E-state index contributed by atoms with van der Waals surface area (Å²) in [6.07, 6.45) is 8.60. The summed E-state index contributed by atoms with van der Waals surface area (Å²) in [7, 11) is 0. The molecule has 0 unspecified atom stereocenters. The Balaban J connectivity index is 1.41. The highest BCUT2D eigenvalue weighted by Crippen LogP contribution is 2.22. The van der Waals surface area contributed by atoms with Crippen molar-refractivity contribution in [2.45, 2.75) is 69.9 Å². The van der Waals surface area contributed by atoms with Gasteiger partial charge in [0, 0.05) is 19.0 Å². The number of benzene rings is 1. The molecule has 1 saturated carbocycles. The van der Waals surface area contributed by atoms with Crippen LogP contribution in [0.25, 0.3) is 0 Å². The zero-order valence-corrected chi connectivity index (χ0v) is 15.5. The van der Waals surface area contributed by atoms with Crippen LogP contribution in [0.3, 0.4) is 0 Å². The van der Waals surface area contributed by atoms with E-state index in [1.807, 2.05) is 30.3 Å². The quantitative estimate of drug-likeness (QED) is 0.761. The number of nitrogens with zero attached hydrogens (tertiary/aromatic N) is 1. The zero-order valence-electron chi connectivity index (χ0n) is 15.5. The molecular weight excluding hydrogens is 328 g/mol. The lowest BCUT2D eigenvalue weighted by molar-refractivity contribution is -0.139. The van der Waals surface area contributed by atoms with E-state index >= 15 is 0 Å². The van der Waals surface area contributed by atoms with Crippen molar-refractivity contribution in [2.24, 2.45) is 0 Å². The summed E-state index contributed by atoms with van der Waals surface area (Å²) in [6, 6.07) is 9.65. The standard InChI is InChI=1S/C21H30N2O3/c24-20(14-8-16-26-18-11-5-2-6-12-18)23-15-7-13-19(23)21(25)22-17-9-3-1-4-10-17/h2,5-6,11-12,17,19H,1,3-4,7-10,13-16H2,(H,22,25)/t19-/m1/s1. The molecule has 2 fully saturated rings. The number of carbonyl (C=O) groups is 2. The molecule has 2 amide bonds. The molecule has 0 spiro atoms. The highest BCUT2D eigenvalue weighted by atomic mass is 16.5. The first-order valence-electron chi connectivity index (χ1n) is 10.0. The Morgan fingerprint density at radius 2 is 1.81 bits per heavy atom. The monoisotopic (exact) mass is 358 g/mol. The van der Waals surface area contributed by atoms with Crippen LogP contribution in [-0.2, 0) is 9.59 Å². The first kappa shape index (κ1) is 18.7. The summed E-state index contributed by atoms with van der Waals surface area (Å²) >= 11 is 0. The van der Waals surface area contributed by atoms with E-state index in [9.17, 15) is 9.59 Å². The number of hydrogen-bond donors (Lipinski definition) is 1. The molecule has 1 N–H and O–H groups in total. The van der Waals surface area contributed by atoms with Crippen LogP contribution in [0.1, 0.15) is 57.8 Å². The summed E-state index contributed by atoms with van der Waals surface area (Å²) in [5.74, 6) is 0.942. The van der Waals surface area contributed by atoms with Crippen molar-refractivity contribution < 1.29 is 14.3 Å². The normalized spacial score (nSPS) is 20.8. The van der Waals surface area contributed by atoms with E-state index in [2.05, 4.69) is 5.32 Å². The smallest absolute Gasteiger partial charge is 0.243 e. The lowest BCUT2D eigenvalue weighted by Gasteiger charge is -2.28. The van der Waals surface area contributed by atoms with Gasteiger partial charge < -0.3 is 15.0 Å². The predicted octanol–water partition coefficient (Wildman–Crippen LogP) is 3.29. The Morgan fingerprint density at radius 1 is 1.04 bits per heavy atom. The number of nitrogens with one attached hydrogen (secondary N) is 1. The minimum Gasteiger partial charge on any atom is -0.494 e. The predicted molar refractivity (Wildman–Crippen MR) is 101 cm³/mol. The van der Waals surface area contributed by atoms with Crippen LogP contribution in [-0.4, -0.2) is 41.9 Å². The molecule has 26 heavy (non-hydrogen) atoms. The van der Waals surface area contributed by atoms with Gasteiger partial charge in [-0.1, -0.05) is 37.5 Å². The second-order valence-electron chi connectivity index (χ2n) is 7.35. The maximum Gasteiger partial charge on any atom is 0.243 e. The van der Waals surface area contributed by atoms with Gasteiger partial charge in [0.1, 0.15) is 11.8 Å². The van der Waals surface area contributed by atoms with Gasteiger partial charge in [0.05, 0.1) is 6.61 Å². The molecule has 0 radical (unpaired) electrons. The fourth-order valence-electron chi connectivity index (χ4n) is 3.96. The molecule has 0 bridgehead atoms. The van der Waals surface area contributed by atoms with Crippen LogP contribution < -0.4 is 10.1 Å². The average molecular weight is 358 g/mol. The molecule has 2 aliphatic rings. The van der Waals surface area contributed by atoms with Crippen LogP contribution in [0.15, 0.2) is 30.3 Å². The Bertz CT molecular complexity index is 584. The van der Waals surface area contributed by atoms with Gasteiger partial charge in [-0.05, 0) is 44.2 Å². The van der Waals surface area contributed by atoms with Gasteiger partial charge >= 0.3 is 0 Å². The maximum atomic E-state index is 12.6. The lowest BCUT2D eigenvalue weighted by atomic mass is 9.95. The largest absolute Gasteiger partial charge is 0.494 e. The van der Waals surface area contributed by atoms with Crippen LogP contribution in [0.4, 0.5) is 0 Å². The highest BCUT2D eigenvalue weighted by Gasteiger charge is 2.34. The Kier molecular flexibility index (Phi) is 6.92. The number of likely N-dealkylation sites (tertiary alicyclic amines) is 1. The topological polar surface area (TPSA) is 58.6 Å². The number of amides is 2. The summed E-state index contributed by atoms with van der Waals surface area (Å²) in [4.78, 5) is 26.9. The van der Waals surface area contributed by atoms with Crippen LogP contribution in [0.2, 0.25) is 0 Å². The third-order valence-electron chi connectivity index (χ3n) is 5.37. The van der Waals surface area contributed by atoms with E-state index in [-0.39, 0.29) is 17.9 Å². The van der Waals surface area contributed by atoms with Crippen molar-refractivity contribution in [3.63, 3.8) is 0 Å². The number of ether oxygens (including phenoxy) is 1. The number of para-hydroxylation sites is 1. The van der Waals surface area contributed by atoms with E-state index in [1.54, 1.807) is 4.90 Å². The number of rotatable bonds is 7. The van der Waals surface area contributed by atoms with Crippen molar-refractivity contribution >= 4 is 11.8 Å². The second-order valence-corrected chi connectivity index (χ2v) is 7.35. The Labute approximate surface area is 156 Å². The molecule has 1 aliphatic heterocycles. The van der Waals surface area contributed by atoms with Crippen molar-refractivity contribution in [2.75, 3.05) is 13.2 Å². The van der Waals surface area contributed by atoms with E-state index in [0.29, 0.717) is 32.0 Å². The molecule has 1 heterocycles. The van der Waals surface area contributed by atoms with Gasteiger partial charge in [0.2, 0.25) is 11.8 Å². The van der Waals surface area contributed by atoms with Crippen molar-refractivity contribution in [3.05, 3.63) is 30.3 Å². The molecule has 5 heteroatoms. The Morgan fingerprint density at radius 3 is 2.58 bits per heavy atom. The third kappa shape index (κ3) is 5.23. The molecule has 5 nitrogen and oxygen atoms in total. The fraction of sp³-hybridized carbons (Fsp3) is 0.619. The van der Waals surface area contributed by atoms with E-state index < -0.39 is 0 Å². The van der Waals surface area contributed by atoms with Gasteiger partial charge in [-0.25, -0.2) is 0 Å². The summed E-state index contributed by atoms with van der Waals surface area (Å²) in [5, 5.41) is 3.18. The molecule has 0 aromatic heterocycles. The molecule has 142 valence electrons. The van der Waals surface area contributed by atoms with Crippen LogP contribution >= 0.6 is 0 Å². The fourth-order valence-corrected chi connectivity index (χ4v) is 3.96.